The van der Waals surface area contributed by atoms with Crippen LogP contribution in [0.4, 0.5) is 0 Å². The molecule has 1 aliphatic rings. The number of benzene rings is 2. The third kappa shape index (κ3) is 2.84. The standard InChI is InChI=1S/C17H12IO5P/c18-24-23-11-2-3-12-15(8-11)22-9-13(17(12)19)10-1-4-14-16(7-10)21-6-5-20-14/h1-4,7-9,24H,5-6H2. The Morgan fingerprint density at radius 2 is 1.88 bits per heavy atom. The van der Waals surface area contributed by atoms with Crippen molar-refractivity contribution in [2.24, 2.45) is 0 Å². The Hall–Kier alpha value is -1.79. The zero-order chi connectivity index (χ0) is 16.5. The highest BCUT2D eigenvalue weighted by Crippen LogP contribution is 2.34. The molecule has 1 aliphatic heterocycles. The van der Waals surface area contributed by atoms with E-state index in [0.29, 0.717) is 53.4 Å². The van der Waals surface area contributed by atoms with Crippen molar-refractivity contribution in [1.29, 1.82) is 0 Å². The molecule has 24 heavy (non-hydrogen) atoms. The summed E-state index contributed by atoms with van der Waals surface area (Å²) in [6.45, 7) is 1.34. The fourth-order valence-electron chi connectivity index (χ4n) is 2.63. The highest BCUT2D eigenvalue weighted by molar-refractivity contribution is 14.2. The maximum Gasteiger partial charge on any atom is 0.200 e. The van der Waals surface area contributed by atoms with Gasteiger partial charge in [-0.2, -0.15) is 0 Å². The number of hydrogen-bond donors (Lipinski definition) is 0. The molecule has 0 bridgehead atoms. The topological polar surface area (TPSA) is 57.9 Å². The molecule has 7 heteroatoms. The van der Waals surface area contributed by atoms with Crippen LogP contribution in [-0.4, -0.2) is 13.2 Å². The van der Waals surface area contributed by atoms with Crippen LogP contribution in [0.25, 0.3) is 22.1 Å². The summed E-state index contributed by atoms with van der Waals surface area (Å²) in [5.74, 6) is 2.02. The van der Waals surface area contributed by atoms with Gasteiger partial charge in [-0.25, -0.2) is 0 Å². The first-order valence-corrected chi connectivity index (χ1v) is 11.3. The molecule has 5 nitrogen and oxygen atoms in total. The Labute approximate surface area is 152 Å². The predicted molar refractivity (Wildman–Crippen MR) is 102 cm³/mol. The molecule has 0 aliphatic carbocycles. The summed E-state index contributed by atoms with van der Waals surface area (Å²) in [5.41, 5.74) is 1.65. The van der Waals surface area contributed by atoms with Crippen molar-refractivity contribution in [2.45, 2.75) is 0 Å². The first-order chi connectivity index (χ1) is 11.8. The van der Waals surface area contributed by atoms with E-state index in [2.05, 4.69) is 22.0 Å². The molecule has 0 saturated heterocycles. The van der Waals surface area contributed by atoms with Gasteiger partial charge in [-0.1, -0.05) is 6.07 Å². The molecule has 3 aromatic rings. The molecule has 0 N–H and O–H groups in total. The summed E-state index contributed by atoms with van der Waals surface area (Å²) in [6, 6.07) is 10.7. The normalized spacial score (nSPS) is 13.5. The third-order valence-electron chi connectivity index (χ3n) is 3.76. The molecular weight excluding hydrogens is 442 g/mol. The highest BCUT2D eigenvalue weighted by atomic mass is 127. The van der Waals surface area contributed by atoms with Crippen LogP contribution in [0.5, 0.6) is 17.2 Å². The maximum absolute atomic E-state index is 12.8. The molecule has 4 rings (SSSR count). The summed E-state index contributed by atoms with van der Waals surface area (Å²) in [5, 5.41) is 0.520. The van der Waals surface area contributed by atoms with Crippen LogP contribution in [0.1, 0.15) is 0 Å². The lowest BCUT2D eigenvalue weighted by atomic mass is 10.0. The van der Waals surface area contributed by atoms with Crippen LogP contribution in [0, 0.1) is 0 Å². The van der Waals surface area contributed by atoms with Crippen LogP contribution in [-0.2, 0) is 0 Å². The predicted octanol–water partition coefficient (Wildman–Crippen LogP) is 4.55. The van der Waals surface area contributed by atoms with E-state index in [1.54, 1.807) is 24.3 Å². The van der Waals surface area contributed by atoms with E-state index in [1.807, 2.05) is 12.1 Å². The number of ether oxygens (including phenoxy) is 2. The quantitative estimate of drug-likeness (QED) is 0.430. The minimum atomic E-state index is -0.0867. The smallest absolute Gasteiger partial charge is 0.200 e. The highest BCUT2D eigenvalue weighted by Gasteiger charge is 2.15. The zero-order valence-corrected chi connectivity index (χ0v) is 15.5. The zero-order valence-electron chi connectivity index (χ0n) is 12.4. The van der Waals surface area contributed by atoms with Gasteiger partial charge in [-0.05, 0) is 51.9 Å². The van der Waals surface area contributed by atoms with Gasteiger partial charge in [0.1, 0.15) is 37.3 Å². The summed E-state index contributed by atoms with van der Waals surface area (Å²) in [4.78, 5) is 12.8. The van der Waals surface area contributed by atoms with E-state index >= 15 is 0 Å². The average Bonchev–Trinajstić information content (AvgIpc) is 2.62. The van der Waals surface area contributed by atoms with Crippen molar-refractivity contribution in [3.8, 4) is 28.4 Å². The second kappa shape index (κ2) is 6.61. The summed E-state index contributed by atoms with van der Waals surface area (Å²) < 4.78 is 22.2. The van der Waals surface area contributed by atoms with Crippen LogP contribution >= 0.6 is 28.5 Å². The van der Waals surface area contributed by atoms with E-state index in [4.69, 9.17) is 18.4 Å². The first-order valence-electron chi connectivity index (χ1n) is 7.24. The lowest BCUT2D eigenvalue weighted by Gasteiger charge is -2.18. The van der Waals surface area contributed by atoms with Crippen molar-refractivity contribution in [3.63, 3.8) is 0 Å². The Kier molecular flexibility index (Phi) is 4.33. The largest absolute Gasteiger partial charge is 0.486 e. The van der Waals surface area contributed by atoms with Gasteiger partial charge >= 0.3 is 0 Å². The Morgan fingerprint density at radius 3 is 2.71 bits per heavy atom. The van der Waals surface area contributed by atoms with Gasteiger partial charge in [0.05, 0.1) is 10.9 Å². The molecule has 0 amide bonds. The molecule has 0 spiro atoms. The van der Waals surface area contributed by atoms with Gasteiger partial charge < -0.3 is 18.4 Å². The van der Waals surface area contributed by atoms with Crippen molar-refractivity contribution in [2.75, 3.05) is 13.2 Å². The third-order valence-corrected chi connectivity index (χ3v) is 4.73. The number of hydrogen-bond acceptors (Lipinski definition) is 5. The van der Waals surface area contributed by atoms with E-state index in [1.165, 1.54) is 6.26 Å². The van der Waals surface area contributed by atoms with Gasteiger partial charge in [0.2, 0.25) is 0 Å². The summed E-state index contributed by atoms with van der Waals surface area (Å²) >= 11 is 2.14. The molecule has 2 aromatic carbocycles. The Balaban J connectivity index is 1.81. The van der Waals surface area contributed by atoms with Crippen LogP contribution in [0.15, 0.2) is 51.9 Å². The van der Waals surface area contributed by atoms with Gasteiger partial charge in [-0.3, -0.25) is 4.79 Å². The van der Waals surface area contributed by atoms with Crippen molar-refractivity contribution < 1.29 is 18.4 Å². The SMILES string of the molecule is O=c1c(-c2ccc3c(c2)OCCO3)coc2cc(OPI)ccc12. The molecule has 0 saturated carbocycles. The molecule has 0 fully saturated rings. The number of rotatable bonds is 3. The molecule has 122 valence electrons. The minimum absolute atomic E-state index is 0.0867. The van der Waals surface area contributed by atoms with Crippen molar-refractivity contribution in [1.82, 2.24) is 0 Å². The second-order valence-electron chi connectivity index (χ2n) is 5.17. The lowest BCUT2D eigenvalue weighted by Crippen LogP contribution is -2.15. The lowest BCUT2D eigenvalue weighted by molar-refractivity contribution is 0.171. The molecule has 1 atom stereocenters. The first kappa shape index (κ1) is 15.7. The van der Waals surface area contributed by atoms with Gasteiger partial charge in [0.25, 0.3) is 0 Å². The molecule has 0 radical (unpaired) electrons. The van der Waals surface area contributed by atoms with E-state index in [9.17, 15) is 4.79 Å². The summed E-state index contributed by atoms with van der Waals surface area (Å²) in [6.07, 6.45) is 1.48. The van der Waals surface area contributed by atoms with Gasteiger partial charge in [-0.15, -0.1) is 0 Å². The fraction of sp³-hybridized carbons (Fsp3) is 0.118. The molecule has 1 unspecified atom stereocenters. The van der Waals surface area contributed by atoms with E-state index in [0.717, 1.165) is 5.56 Å². The Bertz CT molecular complexity index is 969. The maximum atomic E-state index is 12.8. The second-order valence-corrected chi connectivity index (χ2v) is 6.85. The number of fused-ring (bicyclic) bond motifs is 2. The van der Waals surface area contributed by atoms with Crippen LogP contribution in [0.3, 0.4) is 0 Å². The minimum Gasteiger partial charge on any atom is -0.486 e. The molecule has 2 heterocycles. The Morgan fingerprint density at radius 1 is 1.04 bits per heavy atom. The van der Waals surface area contributed by atoms with Gasteiger partial charge in [0.15, 0.2) is 16.9 Å². The number of halogens is 1. The fourth-order valence-corrected chi connectivity index (χ4v) is 3.61. The molecular formula is C17H12IO5P. The monoisotopic (exact) mass is 454 g/mol. The van der Waals surface area contributed by atoms with Crippen molar-refractivity contribution in [3.05, 3.63) is 52.9 Å². The van der Waals surface area contributed by atoms with E-state index in [-0.39, 0.29) is 5.43 Å². The summed E-state index contributed by atoms with van der Waals surface area (Å²) in [7, 11) is 0. The average molecular weight is 454 g/mol. The van der Waals surface area contributed by atoms with Crippen LogP contribution < -0.4 is 19.4 Å². The molecule has 1 aromatic heterocycles. The van der Waals surface area contributed by atoms with E-state index < -0.39 is 0 Å². The van der Waals surface area contributed by atoms with Crippen LogP contribution in [0.2, 0.25) is 0 Å². The van der Waals surface area contributed by atoms with Crippen molar-refractivity contribution >= 4 is 39.5 Å². The van der Waals surface area contributed by atoms with Gasteiger partial charge in [0, 0.05) is 6.07 Å².